The summed E-state index contributed by atoms with van der Waals surface area (Å²) in [6.45, 7) is 2.52. The van der Waals surface area contributed by atoms with Crippen molar-refractivity contribution in [2.24, 2.45) is 0 Å². The van der Waals surface area contributed by atoms with Crippen molar-refractivity contribution in [2.45, 2.75) is 19.0 Å². The van der Waals surface area contributed by atoms with Crippen LogP contribution in [0.4, 0.5) is 4.39 Å². The van der Waals surface area contributed by atoms with E-state index in [-0.39, 0.29) is 17.8 Å². The van der Waals surface area contributed by atoms with Crippen LogP contribution in [0.2, 0.25) is 0 Å². The van der Waals surface area contributed by atoms with Gasteiger partial charge in [-0.2, -0.15) is 0 Å². The molecular weight excluding hydrogens is 271 g/mol. The van der Waals surface area contributed by atoms with Crippen molar-refractivity contribution >= 4 is 0 Å². The molecule has 0 spiro atoms. The molecule has 21 heavy (non-hydrogen) atoms. The number of phenols is 1. The van der Waals surface area contributed by atoms with Gasteiger partial charge in [-0.25, -0.2) is 4.39 Å². The van der Waals surface area contributed by atoms with Gasteiger partial charge < -0.3 is 14.8 Å². The third-order valence-corrected chi connectivity index (χ3v) is 3.56. The van der Waals surface area contributed by atoms with Gasteiger partial charge in [-0.15, -0.1) is 0 Å². The summed E-state index contributed by atoms with van der Waals surface area (Å²) < 4.78 is 19.3. The van der Waals surface area contributed by atoms with E-state index in [4.69, 9.17) is 4.42 Å². The van der Waals surface area contributed by atoms with Crippen LogP contribution in [0.25, 0.3) is 0 Å². The molecule has 0 amide bonds. The number of likely N-dealkylation sites (N-methyl/N-ethyl adjacent to an activating group) is 1. The number of benzene rings is 1. The fourth-order valence-electron chi connectivity index (χ4n) is 2.28. The summed E-state index contributed by atoms with van der Waals surface area (Å²) in [6.07, 6.45) is 1.65. The van der Waals surface area contributed by atoms with E-state index in [0.29, 0.717) is 12.1 Å². The van der Waals surface area contributed by atoms with Crippen molar-refractivity contribution in [3.8, 4) is 5.75 Å². The smallest absolute Gasteiger partial charge is 0.131 e. The molecule has 2 atom stereocenters. The highest BCUT2D eigenvalue weighted by Crippen LogP contribution is 2.23. The first-order valence-corrected chi connectivity index (χ1v) is 6.90. The van der Waals surface area contributed by atoms with Gasteiger partial charge >= 0.3 is 0 Å². The lowest BCUT2D eigenvalue weighted by Crippen LogP contribution is -2.32. The lowest BCUT2D eigenvalue weighted by atomic mass is 10.1. The van der Waals surface area contributed by atoms with Crippen LogP contribution in [0.15, 0.2) is 41.0 Å². The van der Waals surface area contributed by atoms with Gasteiger partial charge in [0.2, 0.25) is 0 Å². The number of hydrogen-bond acceptors (Lipinski definition) is 4. The number of furan rings is 1. The molecule has 1 aromatic carbocycles. The molecule has 0 fully saturated rings. The van der Waals surface area contributed by atoms with Crippen LogP contribution in [0.5, 0.6) is 5.75 Å². The van der Waals surface area contributed by atoms with E-state index in [1.54, 1.807) is 12.3 Å². The first kappa shape index (κ1) is 15.5. The van der Waals surface area contributed by atoms with Gasteiger partial charge in [0.1, 0.15) is 17.3 Å². The van der Waals surface area contributed by atoms with Gasteiger partial charge in [0.15, 0.2) is 0 Å². The number of aromatic hydroxyl groups is 1. The van der Waals surface area contributed by atoms with Crippen molar-refractivity contribution in [1.29, 1.82) is 0 Å². The maximum absolute atomic E-state index is 13.8. The summed E-state index contributed by atoms with van der Waals surface area (Å²) in [4.78, 5) is 2.05. The Morgan fingerprint density at radius 3 is 2.67 bits per heavy atom. The maximum Gasteiger partial charge on any atom is 0.131 e. The van der Waals surface area contributed by atoms with E-state index in [1.807, 2.05) is 38.1 Å². The molecule has 0 aliphatic heterocycles. The highest BCUT2D eigenvalue weighted by molar-refractivity contribution is 5.29. The molecular formula is C16H21FN2O2. The molecule has 4 nitrogen and oxygen atoms in total. The van der Waals surface area contributed by atoms with Crippen molar-refractivity contribution in [1.82, 2.24) is 10.2 Å². The Bertz CT molecular complexity index is 570. The number of rotatable bonds is 6. The second-order valence-corrected chi connectivity index (χ2v) is 5.33. The molecule has 2 rings (SSSR count). The lowest BCUT2D eigenvalue weighted by Gasteiger charge is -2.25. The first-order chi connectivity index (χ1) is 9.99. The number of halogens is 1. The van der Waals surface area contributed by atoms with Gasteiger partial charge in [-0.3, -0.25) is 4.90 Å². The predicted octanol–water partition coefficient (Wildman–Crippen LogP) is 3.08. The minimum absolute atomic E-state index is 0.0646. The topological polar surface area (TPSA) is 48.6 Å². The van der Waals surface area contributed by atoms with E-state index >= 15 is 0 Å². The standard InChI is InChI=1S/C16H21FN2O2/c1-11(13-7-6-12(20)9-14(13)17)18-10-15(19(2)3)16-5-4-8-21-16/h4-9,11,15,18,20H,10H2,1-3H3. The molecule has 0 saturated carbocycles. The average Bonchev–Trinajstić information content (AvgIpc) is 2.92. The van der Waals surface area contributed by atoms with Crippen molar-refractivity contribution in [2.75, 3.05) is 20.6 Å². The fourth-order valence-corrected chi connectivity index (χ4v) is 2.28. The number of nitrogens with one attached hydrogen (secondary N) is 1. The molecule has 0 aliphatic rings. The van der Waals surface area contributed by atoms with Crippen LogP contribution < -0.4 is 5.32 Å². The molecule has 0 saturated heterocycles. The van der Waals surface area contributed by atoms with E-state index in [0.717, 1.165) is 11.8 Å². The third kappa shape index (κ3) is 3.83. The highest BCUT2D eigenvalue weighted by atomic mass is 19.1. The predicted molar refractivity (Wildman–Crippen MR) is 79.6 cm³/mol. The minimum Gasteiger partial charge on any atom is -0.508 e. The largest absolute Gasteiger partial charge is 0.508 e. The van der Waals surface area contributed by atoms with E-state index < -0.39 is 5.82 Å². The van der Waals surface area contributed by atoms with E-state index in [1.165, 1.54) is 6.07 Å². The zero-order valence-corrected chi connectivity index (χ0v) is 12.5. The Hall–Kier alpha value is -1.85. The monoisotopic (exact) mass is 292 g/mol. The van der Waals surface area contributed by atoms with Crippen LogP contribution in [0.3, 0.4) is 0 Å². The maximum atomic E-state index is 13.8. The summed E-state index contributed by atoms with van der Waals surface area (Å²) in [6, 6.07) is 7.91. The summed E-state index contributed by atoms with van der Waals surface area (Å²) in [7, 11) is 3.95. The van der Waals surface area contributed by atoms with Crippen LogP contribution in [0, 0.1) is 5.82 Å². The molecule has 1 heterocycles. The number of phenolic OH excluding ortho intramolecular Hbond substituents is 1. The van der Waals surface area contributed by atoms with Crippen LogP contribution in [-0.4, -0.2) is 30.6 Å². The fraction of sp³-hybridized carbons (Fsp3) is 0.375. The second-order valence-electron chi connectivity index (χ2n) is 5.33. The molecule has 2 unspecified atom stereocenters. The van der Waals surface area contributed by atoms with Gasteiger partial charge in [0.25, 0.3) is 0 Å². The quantitative estimate of drug-likeness (QED) is 0.859. The minimum atomic E-state index is -0.408. The van der Waals surface area contributed by atoms with Gasteiger partial charge in [-0.05, 0) is 39.2 Å². The van der Waals surface area contributed by atoms with Crippen molar-refractivity contribution in [3.05, 3.63) is 53.7 Å². The summed E-state index contributed by atoms with van der Waals surface area (Å²) in [5, 5.41) is 12.6. The van der Waals surface area contributed by atoms with Crippen molar-refractivity contribution < 1.29 is 13.9 Å². The summed E-state index contributed by atoms with van der Waals surface area (Å²) >= 11 is 0. The lowest BCUT2D eigenvalue weighted by molar-refractivity contribution is 0.245. The van der Waals surface area contributed by atoms with Crippen LogP contribution >= 0.6 is 0 Å². The zero-order chi connectivity index (χ0) is 15.4. The van der Waals surface area contributed by atoms with Gasteiger partial charge in [-0.1, -0.05) is 6.07 Å². The third-order valence-electron chi connectivity index (χ3n) is 3.56. The second kappa shape index (κ2) is 6.74. The first-order valence-electron chi connectivity index (χ1n) is 6.90. The summed E-state index contributed by atoms with van der Waals surface area (Å²) in [5.41, 5.74) is 0.532. The Morgan fingerprint density at radius 2 is 2.10 bits per heavy atom. The molecule has 1 aromatic heterocycles. The van der Waals surface area contributed by atoms with Crippen LogP contribution in [0.1, 0.15) is 30.3 Å². The molecule has 2 N–H and O–H groups in total. The molecule has 0 bridgehead atoms. The van der Waals surface area contributed by atoms with Crippen molar-refractivity contribution in [3.63, 3.8) is 0 Å². The van der Waals surface area contributed by atoms with E-state index in [2.05, 4.69) is 5.32 Å². The molecule has 2 aromatic rings. The Morgan fingerprint density at radius 1 is 1.33 bits per heavy atom. The molecule has 0 aliphatic carbocycles. The Labute approximate surface area is 124 Å². The summed E-state index contributed by atoms with van der Waals surface area (Å²) in [5.74, 6) is 0.394. The molecule has 0 radical (unpaired) electrons. The zero-order valence-electron chi connectivity index (χ0n) is 12.5. The molecule has 5 heteroatoms. The van der Waals surface area contributed by atoms with Gasteiger partial charge in [0, 0.05) is 24.2 Å². The Kier molecular flexibility index (Phi) is 4.98. The SMILES string of the molecule is CC(NCC(c1ccco1)N(C)C)c1ccc(O)cc1F. The Balaban J connectivity index is 2.03. The van der Waals surface area contributed by atoms with Gasteiger partial charge in [0.05, 0.1) is 12.3 Å². The molecule has 114 valence electrons. The highest BCUT2D eigenvalue weighted by Gasteiger charge is 2.19. The number of nitrogens with zero attached hydrogens (tertiary/aromatic N) is 1. The average molecular weight is 292 g/mol. The van der Waals surface area contributed by atoms with Crippen LogP contribution in [-0.2, 0) is 0 Å². The normalized spacial score (nSPS) is 14.3. The number of hydrogen-bond donors (Lipinski definition) is 2. The van der Waals surface area contributed by atoms with E-state index in [9.17, 15) is 9.50 Å².